The first-order valence-electron chi connectivity index (χ1n) is 4.40. The third-order valence-corrected chi connectivity index (χ3v) is 2.37. The Kier molecular flexibility index (Phi) is 4.85. The van der Waals surface area contributed by atoms with E-state index in [4.69, 9.17) is 4.52 Å². The van der Waals surface area contributed by atoms with Crippen LogP contribution in [0.4, 0.5) is 0 Å². The van der Waals surface area contributed by atoms with Crippen LogP contribution in [-0.4, -0.2) is 28.2 Å². The van der Waals surface area contributed by atoms with Crippen LogP contribution in [0.1, 0.15) is 18.6 Å². The summed E-state index contributed by atoms with van der Waals surface area (Å²) in [6.45, 7) is 5.64. The molecule has 0 aliphatic heterocycles. The van der Waals surface area contributed by atoms with Crippen molar-refractivity contribution in [3.63, 3.8) is 0 Å². The van der Waals surface area contributed by atoms with Crippen molar-refractivity contribution >= 4 is 11.8 Å². The topological polar surface area (TPSA) is 51.0 Å². The van der Waals surface area contributed by atoms with Crippen molar-refractivity contribution in [3.8, 4) is 0 Å². The van der Waals surface area contributed by atoms with Gasteiger partial charge in [0, 0.05) is 12.3 Å². The van der Waals surface area contributed by atoms with Gasteiger partial charge in [-0.1, -0.05) is 12.1 Å². The molecule has 1 aromatic rings. The molecule has 0 saturated carbocycles. The van der Waals surface area contributed by atoms with Crippen LogP contribution in [-0.2, 0) is 6.54 Å². The van der Waals surface area contributed by atoms with Gasteiger partial charge in [0.05, 0.1) is 6.54 Å². The summed E-state index contributed by atoms with van der Waals surface area (Å²) in [6, 6.07) is 0. The SMILES string of the molecule is CCSCCNCc1nc(C)no1. The van der Waals surface area contributed by atoms with E-state index < -0.39 is 0 Å². The largest absolute Gasteiger partial charge is 0.338 e. The lowest BCUT2D eigenvalue weighted by Gasteiger charge is -1.99. The highest BCUT2D eigenvalue weighted by atomic mass is 32.2. The smallest absolute Gasteiger partial charge is 0.240 e. The van der Waals surface area contributed by atoms with Crippen LogP contribution in [0.2, 0.25) is 0 Å². The Morgan fingerprint density at radius 3 is 3.00 bits per heavy atom. The van der Waals surface area contributed by atoms with Gasteiger partial charge in [0.2, 0.25) is 5.89 Å². The molecule has 0 amide bonds. The monoisotopic (exact) mass is 201 g/mol. The van der Waals surface area contributed by atoms with Gasteiger partial charge in [-0.3, -0.25) is 0 Å². The van der Waals surface area contributed by atoms with E-state index in [2.05, 4.69) is 22.4 Å². The van der Waals surface area contributed by atoms with Crippen LogP contribution >= 0.6 is 11.8 Å². The number of hydrogen-bond acceptors (Lipinski definition) is 5. The highest BCUT2D eigenvalue weighted by Crippen LogP contribution is 1.97. The molecule has 0 unspecified atom stereocenters. The lowest BCUT2D eigenvalue weighted by atomic mass is 10.6. The van der Waals surface area contributed by atoms with Crippen LogP contribution in [0.3, 0.4) is 0 Å². The zero-order valence-electron chi connectivity index (χ0n) is 8.04. The van der Waals surface area contributed by atoms with Crippen LogP contribution in [0.5, 0.6) is 0 Å². The maximum Gasteiger partial charge on any atom is 0.240 e. The predicted octanol–water partition coefficient (Wildman–Crippen LogP) is 1.22. The zero-order chi connectivity index (χ0) is 9.52. The van der Waals surface area contributed by atoms with Crippen molar-refractivity contribution in [1.29, 1.82) is 0 Å². The summed E-state index contributed by atoms with van der Waals surface area (Å²) >= 11 is 1.92. The van der Waals surface area contributed by atoms with E-state index in [1.165, 1.54) is 5.75 Å². The molecular formula is C8H15N3OS. The quantitative estimate of drug-likeness (QED) is 0.701. The fourth-order valence-corrected chi connectivity index (χ4v) is 1.47. The Hall–Kier alpha value is -0.550. The van der Waals surface area contributed by atoms with Gasteiger partial charge in [-0.2, -0.15) is 16.7 Å². The van der Waals surface area contributed by atoms with E-state index in [1.54, 1.807) is 0 Å². The first-order valence-corrected chi connectivity index (χ1v) is 5.56. The minimum absolute atomic E-state index is 0.666. The van der Waals surface area contributed by atoms with E-state index in [9.17, 15) is 0 Å². The second kappa shape index (κ2) is 5.99. The molecule has 74 valence electrons. The number of nitrogens with zero attached hydrogens (tertiary/aromatic N) is 2. The molecule has 1 rings (SSSR count). The molecule has 0 fully saturated rings. The first-order chi connectivity index (χ1) is 6.33. The average molecular weight is 201 g/mol. The normalized spacial score (nSPS) is 10.6. The fourth-order valence-electron chi connectivity index (χ4n) is 0.896. The average Bonchev–Trinajstić information content (AvgIpc) is 2.51. The van der Waals surface area contributed by atoms with Crippen molar-refractivity contribution < 1.29 is 4.52 Å². The number of rotatable bonds is 6. The summed E-state index contributed by atoms with van der Waals surface area (Å²) in [5.74, 6) is 3.66. The van der Waals surface area contributed by atoms with E-state index in [0.717, 1.165) is 12.3 Å². The van der Waals surface area contributed by atoms with Gasteiger partial charge in [0.15, 0.2) is 5.82 Å². The Bertz CT molecular complexity index is 239. The highest BCUT2D eigenvalue weighted by Gasteiger charge is 2.00. The van der Waals surface area contributed by atoms with Crippen LogP contribution in [0, 0.1) is 6.92 Å². The van der Waals surface area contributed by atoms with Gasteiger partial charge in [0.25, 0.3) is 0 Å². The molecule has 0 spiro atoms. The zero-order valence-corrected chi connectivity index (χ0v) is 8.86. The van der Waals surface area contributed by atoms with E-state index in [1.807, 2.05) is 18.7 Å². The van der Waals surface area contributed by atoms with Crippen molar-refractivity contribution in [2.75, 3.05) is 18.1 Å². The molecule has 0 atom stereocenters. The van der Waals surface area contributed by atoms with Crippen LogP contribution in [0.25, 0.3) is 0 Å². The van der Waals surface area contributed by atoms with E-state index >= 15 is 0 Å². The van der Waals surface area contributed by atoms with Crippen LogP contribution < -0.4 is 5.32 Å². The second-order valence-corrected chi connectivity index (χ2v) is 4.00. The molecule has 1 aromatic heterocycles. The van der Waals surface area contributed by atoms with Crippen molar-refractivity contribution in [3.05, 3.63) is 11.7 Å². The predicted molar refractivity (Wildman–Crippen MR) is 53.7 cm³/mol. The minimum Gasteiger partial charge on any atom is -0.338 e. The molecule has 0 radical (unpaired) electrons. The summed E-state index contributed by atoms with van der Waals surface area (Å²) in [5, 5.41) is 6.93. The number of hydrogen-bond donors (Lipinski definition) is 1. The number of aromatic nitrogens is 2. The maximum absolute atomic E-state index is 4.94. The summed E-state index contributed by atoms with van der Waals surface area (Å²) in [7, 11) is 0. The molecule has 0 bridgehead atoms. The summed E-state index contributed by atoms with van der Waals surface area (Å²) in [6.07, 6.45) is 0. The van der Waals surface area contributed by atoms with Gasteiger partial charge in [-0.25, -0.2) is 0 Å². The summed E-state index contributed by atoms with van der Waals surface area (Å²) in [5.41, 5.74) is 0. The molecule has 1 N–H and O–H groups in total. The molecule has 13 heavy (non-hydrogen) atoms. The highest BCUT2D eigenvalue weighted by molar-refractivity contribution is 7.99. The number of thioether (sulfide) groups is 1. The third kappa shape index (κ3) is 4.28. The second-order valence-electron chi connectivity index (χ2n) is 2.61. The lowest BCUT2D eigenvalue weighted by Crippen LogP contribution is -2.16. The summed E-state index contributed by atoms with van der Waals surface area (Å²) < 4.78 is 4.94. The Morgan fingerprint density at radius 1 is 1.54 bits per heavy atom. The van der Waals surface area contributed by atoms with Crippen molar-refractivity contribution in [2.45, 2.75) is 20.4 Å². The van der Waals surface area contributed by atoms with E-state index in [0.29, 0.717) is 18.3 Å². The van der Waals surface area contributed by atoms with Gasteiger partial charge < -0.3 is 9.84 Å². The molecule has 4 nitrogen and oxygen atoms in total. The van der Waals surface area contributed by atoms with Gasteiger partial charge >= 0.3 is 0 Å². The fraction of sp³-hybridized carbons (Fsp3) is 0.750. The molecule has 0 aliphatic carbocycles. The number of nitrogens with one attached hydrogen (secondary N) is 1. The molecular weight excluding hydrogens is 186 g/mol. The first kappa shape index (κ1) is 10.5. The summed E-state index contributed by atoms with van der Waals surface area (Å²) in [4.78, 5) is 4.08. The maximum atomic E-state index is 4.94. The van der Waals surface area contributed by atoms with Crippen molar-refractivity contribution in [2.24, 2.45) is 0 Å². The molecule has 0 saturated heterocycles. The van der Waals surface area contributed by atoms with Crippen LogP contribution in [0.15, 0.2) is 4.52 Å². The van der Waals surface area contributed by atoms with Crippen molar-refractivity contribution in [1.82, 2.24) is 15.5 Å². The van der Waals surface area contributed by atoms with Gasteiger partial charge in [-0.15, -0.1) is 0 Å². The lowest BCUT2D eigenvalue weighted by molar-refractivity contribution is 0.366. The Morgan fingerprint density at radius 2 is 2.38 bits per heavy atom. The van der Waals surface area contributed by atoms with E-state index in [-0.39, 0.29) is 0 Å². The Labute approximate surface area is 82.5 Å². The molecule has 0 aliphatic rings. The van der Waals surface area contributed by atoms with Gasteiger partial charge in [-0.05, 0) is 12.7 Å². The molecule has 1 heterocycles. The number of aryl methyl sites for hydroxylation is 1. The minimum atomic E-state index is 0.666. The van der Waals surface area contributed by atoms with Gasteiger partial charge in [0.1, 0.15) is 0 Å². The Balaban J connectivity index is 2.06. The third-order valence-electron chi connectivity index (χ3n) is 1.47. The molecule has 5 heteroatoms. The molecule has 0 aromatic carbocycles. The standard InChI is InChI=1S/C8H15N3OS/c1-3-13-5-4-9-6-8-10-7(2)11-12-8/h9H,3-6H2,1-2H3.